The van der Waals surface area contributed by atoms with E-state index in [1.807, 2.05) is 12.1 Å². The van der Waals surface area contributed by atoms with Crippen molar-refractivity contribution < 1.29 is 5.11 Å². The Hall–Kier alpha value is -1.02. The molecule has 1 unspecified atom stereocenters. The second kappa shape index (κ2) is 5.31. The van der Waals surface area contributed by atoms with Crippen LogP contribution in [0.4, 0.5) is 0 Å². The zero-order valence-corrected chi connectivity index (χ0v) is 11.1. The van der Waals surface area contributed by atoms with E-state index in [0.717, 1.165) is 6.42 Å². The molecule has 2 nitrogen and oxygen atoms in total. The molecule has 98 valence electrons. The minimum atomic E-state index is 0.510. The van der Waals surface area contributed by atoms with Crippen LogP contribution in [0.2, 0.25) is 0 Å². The summed E-state index contributed by atoms with van der Waals surface area (Å²) in [5.74, 6) is 1.15. The zero-order valence-electron chi connectivity index (χ0n) is 11.1. The van der Waals surface area contributed by atoms with Gasteiger partial charge in [0.1, 0.15) is 5.75 Å². The molecule has 1 aromatic rings. The Morgan fingerprint density at radius 1 is 1.11 bits per heavy atom. The minimum Gasteiger partial charge on any atom is -0.508 e. The zero-order chi connectivity index (χ0) is 12.4. The van der Waals surface area contributed by atoms with Crippen molar-refractivity contribution in [2.75, 3.05) is 19.6 Å². The highest BCUT2D eigenvalue weighted by Gasteiger charge is 2.24. The Morgan fingerprint density at radius 3 is 2.78 bits per heavy atom. The van der Waals surface area contributed by atoms with Crippen LogP contribution in [0, 0.1) is 0 Å². The van der Waals surface area contributed by atoms with Crippen molar-refractivity contribution in [3.8, 4) is 5.75 Å². The number of benzene rings is 1. The average Bonchev–Trinajstić information content (AvgIpc) is 2.41. The van der Waals surface area contributed by atoms with E-state index < -0.39 is 0 Å². The summed E-state index contributed by atoms with van der Waals surface area (Å²) < 4.78 is 0. The van der Waals surface area contributed by atoms with Crippen LogP contribution < -0.4 is 0 Å². The lowest BCUT2D eigenvalue weighted by atomic mass is 9.82. The lowest BCUT2D eigenvalue weighted by Gasteiger charge is -2.33. The van der Waals surface area contributed by atoms with Gasteiger partial charge in [-0.25, -0.2) is 0 Å². The fraction of sp³-hybridized carbons (Fsp3) is 0.625. The van der Waals surface area contributed by atoms with E-state index in [1.165, 1.54) is 62.9 Å². The van der Waals surface area contributed by atoms with Crippen molar-refractivity contribution in [1.29, 1.82) is 0 Å². The van der Waals surface area contributed by atoms with E-state index in [-0.39, 0.29) is 0 Å². The summed E-state index contributed by atoms with van der Waals surface area (Å²) in [5.41, 5.74) is 2.62. The molecule has 1 fully saturated rings. The van der Waals surface area contributed by atoms with Gasteiger partial charge >= 0.3 is 0 Å². The molecule has 3 rings (SSSR count). The first-order valence-electron chi connectivity index (χ1n) is 7.38. The number of piperidine rings is 1. The number of hydrogen-bond acceptors (Lipinski definition) is 2. The molecule has 1 aliphatic heterocycles. The highest BCUT2D eigenvalue weighted by molar-refractivity contribution is 5.42. The molecular formula is C16H23NO. The quantitative estimate of drug-likeness (QED) is 0.864. The van der Waals surface area contributed by atoms with Gasteiger partial charge in [0.2, 0.25) is 0 Å². The predicted octanol–water partition coefficient (Wildman–Crippen LogP) is 3.30. The smallest absolute Gasteiger partial charge is 0.119 e. The van der Waals surface area contributed by atoms with Crippen LogP contribution in [0.3, 0.4) is 0 Å². The molecule has 0 spiro atoms. The second-order valence-corrected chi connectivity index (χ2v) is 5.80. The topological polar surface area (TPSA) is 23.5 Å². The molecule has 1 N–H and O–H groups in total. The largest absolute Gasteiger partial charge is 0.508 e. The molecule has 18 heavy (non-hydrogen) atoms. The summed E-state index contributed by atoms with van der Waals surface area (Å²) in [4.78, 5) is 2.62. The third-order valence-corrected chi connectivity index (χ3v) is 4.53. The van der Waals surface area contributed by atoms with E-state index in [0.29, 0.717) is 11.7 Å². The lowest BCUT2D eigenvalue weighted by molar-refractivity contribution is 0.209. The molecule has 2 aliphatic rings. The van der Waals surface area contributed by atoms with E-state index in [4.69, 9.17) is 0 Å². The Labute approximate surface area is 110 Å². The van der Waals surface area contributed by atoms with Crippen molar-refractivity contribution in [3.05, 3.63) is 29.3 Å². The van der Waals surface area contributed by atoms with Crippen molar-refractivity contribution in [1.82, 2.24) is 4.90 Å². The Kier molecular flexibility index (Phi) is 3.55. The monoisotopic (exact) mass is 245 g/mol. The van der Waals surface area contributed by atoms with Crippen LogP contribution in [-0.2, 0) is 6.42 Å². The van der Waals surface area contributed by atoms with Gasteiger partial charge < -0.3 is 10.0 Å². The van der Waals surface area contributed by atoms with Gasteiger partial charge in [0.05, 0.1) is 0 Å². The summed E-state index contributed by atoms with van der Waals surface area (Å²) >= 11 is 0. The molecule has 0 amide bonds. The molecule has 2 heteroatoms. The number of phenolic OH excluding ortho intramolecular Hbond substituents is 1. The first kappa shape index (κ1) is 12.0. The predicted molar refractivity (Wildman–Crippen MR) is 74.1 cm³/mol. The van der Waals surface area contributed by atoms with Gasteiger partial charge in [0.25, 0.3) is 0 Å². The fourth-order valence-corrected chi connectivity index (χ4v) is 3.57. The molecule has 0 bridgehead atoms. The Balaban J connectivity index is 1.76. The maximum atomic E-state index is 9.97. The van der Waals surface area contributed by atoms with Gasteiger partial charge in [0, 0.05) is 6.54 Å². The molecule has 1 aromatic carbocycles. The number of nitrogens with zero attached hydrogens (tertiary/aromatic N) is 1. The number of aromatic hydroxyl groups is 1. The van der Waals surface area contributed by atoms with Crippen LogP contribution >= 0.6 is 0 Å². The van der Waals surface area contributed by atoms with Crippen molar-refractivity contribution in [2.24, 2.45) is 0 Å². The van der Waals surface area contributed by atoms with Gasteiger partial charge in [-0.05, 0) is 68.3 Å². The standard InChI is InChI=1S/C16H23NO/c18-16-9-5-7-14-13(6-4-8-15(14)16)12-17-10-2-1-3-11-17/h5,7,9,13,18H,1-4,6,8,10-12H2. The molecule has 0 radical (unpaired) electrons. The van der Waals surface area contributed by atoms with Crippen LogP contribution in [-0.4, -0.2) is 29.6 Å². The second-order valence-electron chi connectivity index (χ2n) is 5.80. The van der Waals surface area contributed by atoms with E-state index in [1.54, 1.807) is 0 Å². The normalized spacial score (nSPS) is 24.8. The molecule has 1 heterocycles. The molecule has 1 saturated heterocycles. The SMILES string of the molecule is Oc1cccc2c1CCCC2CN1CCCCC1. The van der Waals surface area contributed by atoms with Crippen molar-refractivity contribution in [3.63, 3.8) is 0 Å². The van der Waals surface area contributed by atoms with E-state index >= 15 is 0 Å². The van der Waals surface area contributed by atoms with E-state index in [9.17, 15) is 5.11 Å². The molecule has 1 aliphatic carbocycles. The first-order valence-corrected chi connectivity index (χ1v) is 7.38. The van der Waals surface area contributed by atoms with Crippen LogP contribution in [0.15, 0.2) is 18.2 Å². The van der Waals surface area contributed by atoms with E-state index in [2.05, 4.69) is 11.0 Å². The summed E-state index contributed by atoms with van der Waals surface area (Å²) in [6, 6.07) is 6.06. The summed E-state index contributed by atoms with van der Waals surface area (Å²) in [6.07, 6.45) is 7.69. The highest BCUT2D eigenvalue weighted by atomic mass is 16.3. The van der Waals surface area contributed by atoms with Gasteiger partial charge in [-0.3, -0.25) is 0 Å². The molecule has 0 aromatic heterocycles. The fourth-order valence-electron chi connectivity index (χ4n) is 3.57. The van der Waals surface area contributed by atoms with Gasteiger partial charge in [-0.1, -0.05) is 18.6 Å². The Bertz CT molecular complexity index is 410. The maximum Gasteiger partial charge on any atom is 0.119 e. The van der Waals surface area contributed by atoms with Gasteiger partial charge in [-0.15, -0.1) is 0 Å². The highest BCUT2D eigenvalue weighted by Crippen LogP contribution is 2.36. The lowest BCUT2D eigenvalue weighted by Crippen LogP contribution is -2.34. The molecular weight excluding hydrogens is 222 g/mol. The van der Waals surface area contributed by atoms with Crippen molar-refractivity contribution >= 4 is 0 Å². The summed E-state index contributed by atoms with van der Waals surface area (Å²) in [5, 5.41) is 9.97. The maximum absolute atomic E-state index is 9.97. The van der Waals surface area contributed by atoms with Crippen LogP contribution in [0.25, 0.3) is 0 Å². The summed E-state index contributed by atoms with van der Waals surface area (Å²) in [6.45, 7) is 3.73. The summed E-state index contributed by atoms with van der Waals surface area (Å²) in [7, 11) is 0. The van der Waals surface area contributed by atoms with Gasteiger partial charge in [0.15, 0.2) is 0 Å². The van der Waals surface area contributed by atoms with Gasteiger partial charge in [-0.2, -0.15) is 0 Å². The number of likely N-dealkylation sites (tertiary alicyclic amines) is 1. The minimum absolute atomic E-state index is 0.510. The number of phenols is 1. The molecule has 0 saturated carbocycles. The number of hydrogen-bond donors (Lipinski definition) is 1. The van der Waals surface area contributed by atoms with Crippen LogP contribution in [0.5, 0.6) is 5.75 Å². The third kappa shape index (κ3) is 2.39. The Morgan fingerprint density at radius 2 is 1.94 bits per heavy atom. The number of fused-ring (bicyclic) bond motifs is 1. The van der Waals surface area contributed by atoms with Crippen molar-refractivity contribution in [2.45, 2.75) is 44.4 Å². The number of rotatable bonds is 2. The third-order valence-electron chi connectivity index (χ3n) is 4.53. The first-order chi connectivity index (χ1) is 8.84. The molecule has 1 atom stereocenters. The average molecular weight is 245 g/mol. The van der Waals surface area contributed by atoms with Crippen LogP contribution in [0.1, 0.15) is 49.1 Å².